The van der Waals surface area contributed by atoms with Crippen LogP contribution in [0.5, 0.6) is 0 Å². The number of amides is 2. The molecule has 0 unspecified atom stereocenters. The van der Waals surface area contributed by atoms with Gasteiger partial charge in [0.2, 0.25) is 0 Å². The number of thiazole rings is 1. The Hall–Kier alpha value is -2.49. The minimum atomic E-state index is -0.437. The lowest BCUT2D eigenvalue weighted by atomic mass is 10.0. The van der Waals surface area contributed by atoms with Gasteiger partial charge in [0.1, 0.15) is 4.70 Å². The maximum Gasteiger partial charge on any atom is 0.273 e. The van der Waals surface area contributed by atoms with E-state index in [-0.39, 0.29) is 30.2 Å². The zero-order valence-corrected chi connectivity index (χ0v) is 20.3. The van der Waals surface area contributed by atoms with Crippen molar-refractivity contribution in [3.8, 4) is 0 Å². The van der Waals surface area contributed by atoms with Crippen LogP contribution in [0.15, 0.2) is 24.3 Å². The van der Waals surface area contributed by atoms with Crippen LogP contribution >= 0.6 is 22.9 Å². The Kier molecular flexibility index (Phi) is 7.22. The summed E-state index contributed by atoms with van der Waals surface area (Å²) in [6, 6.07) is 6.26. The van der Waals surface area contributed by atoms with Crippen molar-refractivity contribution in [2.45, 2.75) is 52.6 Å². The highest BCUT2D eigenvalue weighted by atomic mass is 35.5. The Morgan fingerprint density at radius 2 is 1.97 bits per heavy atom. The summed E-state index contributed by atoms with van der Waals surface area (Å²) in [5.41, 5.74) is 0.705. The number of hydrogen-bond donors (Lipinski definition) is 3. The van der Waals surface area contributed by atoms with Crippen LogP contribution < -0.4 is 10.6 Å². The van der Waals surface area contributed by atoms with E-state index in [9.17, 15) is 14.7 Å². The summed E-state index contributed by atoms with van der Waals surface area (Å²) in [6.45, 7) is 9.77. The van der Waals surface area contributed by atoms with Crippen LogP contribution in [0.3, 0.4) is 0 Å². The number of anilines is 1. The molecule has 0 radical (unpaired) electrons. The molecular formula is C22H28ClN5O3S. The molecule has 2 amide bonds. The highest BCUT2D eigenvalue weighted by Gasteiger charge is 2.28. The lowest BCUT2D eigenvalue weighted by Gasteiger charge is -2.19. The number of aliphatic hydroxyl groups is 1. The van der Waals surface area contributed by atoms with Crippen molar-refractivity contribution in [2.75, 3.05) is 11.9 Å². The minimum absolute atomic E-state index is 0.156. The first kappa shape index (κ1) is 24.2. The van der Waals surface area contributed by atoms with Crippen molar-refractivity contribution in [1.82, 2.24) is 20.1 Å². The van der Waals surface area contributed by atoms with E-state index in [4.69, 9.17) is 11.6 Å². The van der Waals surface area contributed by atoms with Gasteiger partial charge in [0, 0.05) is 10.6 Å². The third kappa shape index (κ3) is 5.46. The van der Waals surface area contributed by atoms with Gasteiger partial charge in [-0.15, -0.1) is 0 Å². The fraction of sp³-hybridized carbons (Fsp3) is 0.455. The lowest BCUT2D eigenvalue weighted by molar-refractivity contribution is 0.0903. The second kappa shape index (κ2) is 9.56. The minimum Gasteiger partial charge on any atom is -0.394 e. The summed E-state index contributed by atoms with van der Waals surface area (Å²) >= 11 is 7.17. The topological polar surface area (TPSA) is 109 Å². The zero-order valence-electron chi connectivity index (χ0n) is 18.8. The van der Waals surface area contributed by atoms with Crippen molar-refractivity contribution in [3.63, 3.8) is 0 Å². The van der Waals surface area contributed by atoms with Gasteiger partial charge >= 0.3 is 0 Å². The third-order valence-corrected chi connectivity index (χ3v) is 5.90. The number of aromatic nitrogens is 3. The Balaban J connectivity index is 1.95. The van der Waals surface area contributed by atoms with Crippen molar-refractivity contribution < 1.29 is 14.7 Å². The van der Waals surface area contributed by atoms with Crippen LogP contribution in [0.25, 0.3) is 10.3 Å². The molecule has 0 fully saturated rings. The Morgan fingerprint density at radius 3 is 2.56 bits per heavy atom. The quantitative estimate of drug-likeness (QED) is 0.470. The molecule has 0 bridgehead atoms. The van der Waals surface area contributed by atoms with E-state index < -0.39 is 5.54 Å². The summed E-state index contributed by atoms with van der Waals surface area (Å²) in [5.74, 6) is -0.409. The molecule has 0 aliphatic rings. The fourth-order valence-corrected chi connectivity index (χ4v) is 4.39. The standard InChI is InChI=1S/C22H28ClN5O3S/c1-12(2)9-15(11-29)24-20(31)16-17-18(28(27-16)22(3,4)5)25-21(32-17)26-19(30)13-7-6-8-14(23)10-13/h6-8,10,12,15,29H,9,11H2,1-5H3,(H,24,31)(H,25,26,30)/t15-/m0/s1. The number of nitrogens with zero attached hydrogens (tertiary/aromatic N) is 3. The normalized spacial score (nSPS) is 12.9. The van der Waals surface area contributed by atoms with Crippen molar-refractivity contribution >= 4 is 50.2 Å². The fourth-order valence-electron chi connectivity index (χ4n) is 3.27. The predicted molar refractivity (Wildman–Crippen MR) is 128 cm³/mol. The molecular weight excluding hydrogens is 450 g/mol. The third-order valence-electron chi connectivity index (χ3n) is 4.69. The van der Waals surface area contributed by atoms with Gasteiger partial charge in [-0.2, -0.15) is 10.1 Å². The Morgan fingerprint density at radius 1 is 1.25 bits per heavy atom. The molecule has 0 aliphatic carbocycles. The summed E-state index contributed by atoms with van der Waals surface area (Å²) in [4.78, 5) is 30.2. The number of fused-ring (bicyclic) bond motifs is 1. The van der Waals surface area contributed by atoms with Crippen molar-refractivity contribution in [2.24, 2.45) is 5.92 Å². The summed E-state index contributed by atoms with van der Waals surface area (Å²) < 4.78 is 2.25. The number of nitrogens with one attached hydrogen (secondary N) is 2. The molecule has 2 heterocycles. The van der Waals surface area contributed by atoms with Crippen molar-refractivity contribution in [3.05, 3.63) is 40.5 Å². The van der Waals surface area contributed by atoms with Gasteiger partial charge in [0.05, 0.1) is 18.2 Å². The average molecular weight is 478 g/mol. The Bertz CT molecular complexity index is 1130. The number of carbonyl (C=O) groups excluding carboxylic acids is 2. The number of rotatable bonds is 7. The van der Waals surface area contributed by atoms with E-state index in [1.165, 1.54) is 11.3 Å². The first-order valence-corrected chi connectivity index (χ1v) is 11.6. The smallest absolute Gasteiger partial charge is 0.273 e. The summed E-state index contributed by atoms with van der Waals surface area (Å²) in [5, 5.41) is 20.6. The first-order chi connectivity index (χ1) is 15.0. The molecule has 3 aromatic rings. The lowest BCUT2D eigenvalue weighted by Crippen LogP contribution is -2.38. The van der Waals surface area contributed by atoms with Crippen LogP contribution in [0.4, 0.5) is 5.13 Å². The summed E-state index contributed by atoms with van der Waals surface area (Å²) in [6.07, 6.45) is 0.648. The maximum atomic E-state index is 13.0. The number of halogens is 1. The van der Waals surface area contributed by atoms with Crippen LogP contribution in [0.2, 0.25) is 5.02 Å². The van der Waals surface area contributed by atoms with Gasteiger partial charge in [-0.05, 0) is 51.3 Å². The van der Waals surface area contributed by atoms with Gasteiger partial charge in [0.15, 0.2) is 16.5 Å². The van der Waals surface area contributed by atoms with E-state index in [1.54, 1.807) is 28.9 Å². The molecule has 32 heavy (non-hydrogen) atoms. The molecule has 0 saturated heterocycles. The van der Waals surface area contributed by atoms with E-state index in [2.05, 4.69) is 20.7 Å². The number of hydrogen-bond acceptors (Lipinski definition) is 6. The van der Waals surface area contributed by atoms with Crippen LogP contribution in [0, 0.1) is 5.92 Å². The highest BCUT2D eigenvalue weighted by Crippen LogP contribution is 2.32. The SMILES string of the molecule is CC(C)C[C@@H](CO)NC(=O)c1nn(C(C)(C)C)c2nc(NC(=O)c3cccc(Cl)c3)sc12. The molecule has 1 atom stereocenters. The molecule has 8 nitrogen and oxygen atoms in total. The molecule has 2 aromatic heterocycles. The second-order valence-electron chi connectivity index (χ2n) is 9.05. The van der Waals surface area contributed by atoms with Gasteiger partial charge in [-0.1, -0.05) is 42.9 Å². The largest absolute Gasteiger partial charge is 0.394 e. The molecule has 0 aliphatic heterocycles. The van der Waals surface area contributed by atoms with Gasteiger partial charge in [-0.25, -0.2) is 4.68 Å². The predicted octanol–water partition coefficient (Wildman–Crippen LogP) is 4.29. The van der Waals surface area contributed by atoms with E-state index in [0.29, 0.717) is 38.4 Å². The molecule has 0 spiro atoms. The first-order valence-electron chi connectivity index (χ1n) is 10.4. The van der Waals surface area contributed by atoms with E-state index in [0.717, 1.165) is 0 Å². The van der Waals surface area contributed by atoms with E-state index >= 15 is 0 Å². The average Bonchev–Trinajstić information content (AvgIpc) is 3.24. The highest BCUT2D eigenvalue weighted by molar-refractivity contribution is 7.22. The molecule has 3 N–H and O–H groups in total. The zero-order chi connectivity index (χ0) is 23.6. The van der Waals surface area contributed by atoms with E-state index in [1.807, 2.05) is 34.6 Å². The van der Waals surface area contributed by atoms with Crippen molar-refractivity contribution in [1.29, 1.82) is 0 Å². The maximum absolute atomic E-state index is 13.0. The second-order valence-corrected chi connectivity index (χ2v) is 10.5. The van der Waals surface area contributed by atoms with Crippen LogP contribution in [-0.2, 0) is 5.54 Å². The molecule has 3 rings (SSSR count). The molecule has 0 saturated carbocycles. The van der Waals surface area contributed by atoms with Gasteiger partial charge < -0.3 is 10.4 Å². The number of benzene rings is 1. The van der Waals surface area contributed by atoms with Gasteiger partial charge in [-0.3, -0.25) is 14.9 Å². The Labute approximate surface area is 196 Å². The summed E-state index contributed by atoms with van der Waals surface area (Å²) in [7, 11) is 0. The number of aliphatic hydroxyl groups excluding tert-OH is 1. The number of carbonyl (C=O) groups is 2. The van der Waals surface area contributed by atoms with Crippen LogP contribution in [0.1, 0.15) is 61.9 Å². The van der Waals surface area contributed by atoms with Crippen LogP contribution in [-0.4, -0.2) is 44.3 Å². The van der Waals surface area contributed by atoms with Gasteiger partial charge in [0.25, 0.3) is 11.8 Å². The molecule has 1 aromatic carbocycles. The molecule has 10 heteroatoms. The monoisotopic (exact) mass is 477 g/mol. The molecule has 172 valence electrons.